The summed E-state index contributed by atoms with van der Waals surface area (Å²) in [4.78, 5) is 10.8. The summed E-state index contributed by atoms with van der Waals surface area (Å²) < 4.78 is 5.05. The average molecular weight is 273 g/mol. The molecular weight excluding hydrogens is 260 g/mol. The molecule has 0 aliphatic rings. The highest BCUT2D eigenvalue weighted by atomic mass is 79.9. The Morgan fingerprint density at radius 1 is 1.47 bits per heavy atom. The van der Waals surface area contributed by atoms with Crippen molar-refractivity contribution in [2.75, 3.05) is 0 Å². The lowest BCUT2D eigenvalue weighted by Crippen LogP contribution is -2.31. The molecule has 0 amide bonds. The van der Waals surface area contributed by atoms with E-state index in [-0.39, 0.29) is 0 Å². The minimum absolute atomic E-state index is 0.476. The predicted molar refractivity (Wildman–Crippen MR) is 61.1 cm³/mol. The third-order valence-electron chi connectivity index (χ3n) is 1.94. The van der Waals surface area contributed by atoms with E-state index in [1.807, 2.05) is 6.07 Å². The van der Waals surface area contributed by atoms with Gasteiger partial charge in [0.05, 0.1) is 6.10 Å². The first kappa shape index (κ1) is 12.2. The van der Waals surface area contributed by atoms with Crippen LogP contribution >= 0.6 is 15.9 Å². The quantitative estimate of drug-likeness (QED) is 0.519. The minimum atomic E-state index is -0.721. The van der Waals surface area contributed by atoms with Crippen molar-refractivity contribution >= 4 is 21.9 Å². The number of alkyl halides is 1. The van der Waals surface area contributed by atoms with Crippen LogP contribution in [0.2, 0.25) is 0 Å². The summed E-state index contributed by atoms with van der Waals surface area (Å²) in [6.45, 7) is 1.80. The highest BCUT2D eigenvalue weighted by Gasteiger charge is 2.24. The Labute approximate surface area is 97.2 Å². The van der Waals surface area contributed by atoms with E-state index < -0.39 is 16.9 Å². The Kier molecular flexibility index (Phi) is 4.78. The Morgan fingerprint density at radius 3 is 2.60 bits per heavy atom. The fraction of sp³-hybridized carbons (Fsp3) is 0.364. The number of carbonyl (C=O) groups is 1. The van der Waals surface area contributed by atoms with Gasteiger partial charge in [0.25, 0.3) is 0 Å². The molecule has 0 fully saturated rings. The zero-order valence-corrected chi connectivity index (χ0v) is 9.98. The lowest BCUT2D eigenvalue weighted by molar-refractivity contribution is -0.135. The van der Waals surface area contributed by atoms with Gasteiger partial charge in [0.1, 0.15) is 10.6 Å². The number of benzene rings is 1. The maximum absolute atomic E-state index is 11.5. The molecule has 0 saturated heterocycles. The van der Waals surface area contributed by atoms with Crippen LogP contribution in [0.4, 0.5) is 0 Å². The summed E-state index contributed by atoms with van der Waals surface area (Å²) in [6, 6.07) is 8.78. The minimum Gasteiger partial charge on any atom is -0.426 e. The van der Waals surface area contributed by atoms with Gasteiger partial charge >= 0.3 is 5.97 Å². The van der Waals surface area contributed by atoms with Gasteiger partial charge in [0.2, 0.25) is 0 Å². The molecule has 2 unspecified atom stereocenters. The lowest BCUT2D eigenvalue weighted by Gasteiger charge is -2.14. The largest absolute Gasteiger partial charge is 0.426 e. The van der Waals surface area contributed by atoms with Crippen molar-refractivity contribution in [3.05, 3.63) is 30.3 Å². The molecule has 2 atom stereocenters. The molecule has 1 aromatic rings. The maximum atomic E-state index is 11.5. The third-order valence-corrected chi connectivity index (χ3v) is 2.93. The molecular formula is C11H13BrO3. The molecule has 0 aliphatic carbocycles. The van der Waals surface area contributed by atoms with Gasteiger partial charge in [-0.2, -0.15) is 0 Å². The Balaban J connectivity index is 2.56. The number of hydrogen-bond acceptors (Lipinski definition) is 3. The molecule has 1 rings (SSSR count). The number of halogens is 1. The fourth-order valence-corrected chi connectivity index (χ4v) is 1.49. The molecule has 1 N–H and O–H groups in total. The molecule has 0 saturated carbocycles. The number of esters is 1. The second-order valence-electron chi connectivity index (χ2n) is 3.11. The molecule has 0 aliphatic heterocycles. The molecule has 0 aromatic heterocycles. The van der Waals surface area contributed by atoms with Gasteiger partial charge in [-0.3, -0.25) is 4.79 Å². The summed E-state index contributed by atoms with van der Waals surface area (Å²) in [5.74, 6) is 0.00537. The Hall–Kier alpha value is -0.870. The number of ether oxygens (including phenoxy) is 1. The van der Waals surface area contributed by atoms with Crippen LogP contribution in [0.3, 0.4) is 0 Å². The Bertz CT molecular complexity index is 313. The first-order valence-electron chi connectivity index (χ1n) is 4.74. The summed E-state index contributed by atoms with van der Waals surface area (Å²) >= 11 is 3.10. The molecule has 1 aromatic carbocycles. The van der Waals surface area contributed by atoms with Gasteiger partial charge in [-0.15, -0.1) is 0 Å². The maximum Gasteiger partial charge on any atom is 0.327 e. The highest BCUT2D eigenvalue weighted by Crippen LogP contribution is 2.15. The van der Waals surface area contributed by atoms with Gasteiger partial charge in [-0.1, -0.05) is 41.1 Å². The molecule has 0 spiro atoms. The van der Waals surface area contributed by atoms with Crippen LogP contribution in [0, 0.1) is 0 Å². The molecule has 3 nitrogen and oxygen atoms in total. The molecule has 0 bridgehead atoms. The number of carbonyl (C=O) groups excluding carboxylic acids is 1. The van der Waals surface area contributed by atoms with Crippen LogP contribution in [-0.4, -0.2) is 22.0 Å². The van der Waals surface area contributed by atoms with Crippen molar-refractivity contribution in [3.8, 4) is 5.75 Å². The molecule has 4 heteroatoms. The van der Waals surface area contributed by atoms with E-state index in [2.05, 4.69) is 15.9 Å². The first-order valence-corrected chi connectivity index (χ1v) is 5.65. The van der Waals surface area contributed by atoms with Crippen LogP contribution in [-0.2, 0) is 4.79 Å². The second-order valence-corrected chi connectivity index (χ2v) is 4.10. The van der Waals surface area contributed by atoms with E-state index in [1.54, 1.807) is 31.2 Å². The number of aliphatic hydroxyl groups excluding tert-OH is 1. The molecule has 15 heavy (non-hydrogen) atoms. The van der Waals surface area contributed by atoms with Crippen LogP contribution < -0.4 is 4.74 Å². The topological polar surface area (TPSA) is 46.5 Å². The van der Waals surface area contributed by atoms with Crippen molar-refractivity contribution in [2.24, 2.45) is 0 Å². The average Bonchev–Trinajstić information content (AvgIpc) is 2.28. The van der Waals surface area contributed by atoms with E-state index >= 15 is 0 Å². The van der Waals surface area contributed by atoms with E-state index in [1.165, 1.54) is 0 Å². The summed E-state index contributed by atoms with van der Waals surface area (Å²) in [7, 11) is 0. The number of rotatable bonds is 4. The summed E-state index contributed by atoms with van der Waals surface area (Å²) in [5, 5.41) is 9.43. The second kappa shape index (κ2) is 5.88. The first-order chi connectivity index (χ1) is 7.15. The standard InChI is InChI=1S/C11H13BrO3/c1-2-9(13)10(12)11(14)15-8-6-4-3-5-7-8/h3-7,9-10,13H,2H2,1H3. The van der Waals surface area contributed by atoms with Crippen molar-refractivity contribution in [1.82, 2.24) is 0 Å². The summed E-state index contributed by atoms with van der Waals surface area (Å²) in [5.41, 5.74) is 0. The lowest BCUT2D eigenvalue weighted by atomic mass is 10.2. The fourth-order valence-electron chi connectivity index (χ4n) is 1.03. The van der Waals surface area contributed by atoms with Crippen LogP contribution in [0.25, 0.3) is 0 Å². The van der Waals surface area contributed by atoms with E-state index in [9.17, 15) is 9.90 Å². The normalized spacial score (nSPS) is 14.3. The van der Waals surface area contributed by atoms with Crippen LogP contribution in [0.5, 0.6) is 5.75 Å². The van der Waals surface area contributed by atoms with Gasteiger partial charge in [0, 0.05) is 0 Å². The Morgan fingerprint density at radius 2 is 2.07 bits per heavy atom. The predicted octanol–water partition coefficient (Wildman–Crippen LogP) is 2.13. The molecule has 0 radical (unpaired) electrons. The van der Waals surface area contributed by atoms with Gasteiger partial charge in [0.15, 0.2) is 0 Å². The van der Waals surface area contributed by atoms with Crippen molar-refractivity contribution in [2.45, 2.75) is 24.3 Å². The number of aliphatic hydroxyl groups is 1. The third kappa shape index (κ3) is 3.64. The number of hydrogen-bond donors (Lipinski definition) is 1. The van der Waals surface area contributed by atoms with Gasteiger partial charge in [-0.05, 0) is 18.6 Å². The highest BCUT2D eigenvalue weighted by molar-refractivity contribution is 9.10. The van der Waals surface area contributed by atoms with E-state index in [4.69, 9.17) is 4.74 Å². The van der Waals surface area contributed by atoms with E-state index in [0.717, 1.165) is 0 Å². The smallest absolute Gasteiger partial charge is 0.327 e. The van der Waals surface area contributed by atoms with Gasteiger partial charge < -0.3 is 9.84 Å². The zero-order valence-electron chi connectivity index (χ0n) is 8.39. The van der Waals surface area contributed by atoms with Gasteiger partial charge in [-0.25, -0.2) is 0 Å². The van der Waals surface area contributed by atoms with E-state index in [0.29, 0.717) is 12.2 Å². The molecule has 0 heterocycles. The summed E-state index contributed by atoms with van der Waals surface area (Å²) in [6.07, 6.45) is -0.221. The zero-order chi connectivity index (χ0) is 11.3. The van der Waals surface area contributed by atoms with Crippen molar-refractivity contribution in [3.63, 3.8) is 0 Å². The monoisotopic (exact) mass is 272 g/mol. The van der Waals surface area contributed by atoms with Crippen molar-refractivity contribution < 1.29 is 14.6 Å². The SMILES string of the molecule is CCC(O)C(Br)C(=O)Oc1ccccc1. The van der Waals surface area contributed by atoms with Crippen molar-refractivity contribution in [1.29, 1.82) is 0 Å². The van der Waals surface area contributed by atoms with Crippen LogP contribution in [0.15, 0.2) is 30.3 Å². The molecule has 82 valence electrons. The van der Waals surface area contributed by atoms with Crippen LogP contribution in [0.1, 0.15) is 13.3 Å². The number of para-hydroxylation sites is 1.